The van der Waals surface area contributed by atoms with Crippen LogP contribution in [-0.2, 0) is 0 Å². The molecule has 2 aromatic carbocycles. The average Bonchev–Trinajstić information content (AvgIpc) is 2.65. The van der Waals surface area contributed by atoms with Gasteiger partial charge in [0, 0.05) is 0 Å². The standard InChI is InChI=1S/C24H26/c1-3-5-15-22(16-6-4-2)24(23-17-11-8-12-18-23)20-19-21-13-9-7-10-14-21/h3-4,7-14,17-20H,1-2,5-6,15-16H2. The summed E-state index contributed by atoms with van der Waals surface area (Å²) >= 11 is 0. The SMILES string of the molecule is C=CCCC(CCC=C)=C(C=Cc1ccccc1)c1ccccc1. The molecule has 0 aromatic heterocycles. The largest absolute Gasteiger partial charge is 0.103 e. The normalized spacial score (nSPS) is 10.5. The van der Waals surface area contributed by atoms with Crippen LogP contribution in [0.1, 0.15) is 36.8 Å². The molecule has 0 aliphatic rings. The fourth-order valence-electron chi connectivity index (χ4n) is 2.73. The first-order chi connectivity index (χ1) is 11.8. The van der Waals surface area contributed by atoms with E-state index in [0.29, 0.717) is 0 Å². The highest BCUT2D eigenvalue weighted by molar-refractivity contribution is 5.81. The van der Waals surface area contributed by atoms with Crippen molar-refractivity contribution < 1.29 is 0 Å². The molecule has 0 saturated carbocycles. The molecule has 0 aliphatic heterocycles. The zero-order valence-electron chi connectivity index (χ0n) is 14.3. The van der Waals surface area contributed by atoms with Crippen LogP contribution in [-0.4, -0.2) is 0 Å². The van der Waals surface area contributed by atoms with E-state index in [-0.39, 0.29) is 0 Å². The van der Waals surface area contributed by atoms with E-state index in [9.17, 15) is 0 Å². The van der Waals surface area contributed by atoms with Crippen LogP contribution in [0.2, 0.25) is 0 Å². The summed E-state index contributed by atoms with van der Waals surface area (Å²) in [7, 11) is 0. The Kier molecular flexibility index (Phi) is 7.56. The molecule has 2 aromatic rings. The highest BCUT2D eigenvalue weighted by Crippen LogP contribution is 2.27. The fourth-order valence-corrected chi connectivity index (χ4v) is 2.73. The summed E-state index contributed by atoms with van der Waals surface area (Å²) in [5.41, 5.74) is 5.28. The first-order valence-electron chi connectivity index (χ1n) is 8.57. The zero-order chi connectivity index (χ0) is 17.0. The highest BCUT2D eigenvalue weighted by Gasteiger charge is 2.06. The fraction of sp³-hybridized carbons (Fsp3) is 0.167. The summed E-state index contributed by atoms with van der Waals surface area (Å²) in [5, 5.41) is 0. The van der Waals surface area contributed by atoms with Crippen LogP contribution < -0.4 is 0 Å². The summed E-state index contributed by atoms with van der Waals surface area (Å²) in [6.45, 7) is 7.76. The Hall–Kier alpha value is -2.60. The summed E-state index contributed by atoms with van der Waals surface area (Å²) in [4.78, 5) is 0. The van der Waals surface area contributed by atoms with E-state index in [1.165, 1.54) is 22.3 Å². The van der Waals surface area contributed by atoms with E-state index in [1.54, 1.807) is 0 Å². The van der Waals surface area contributed by atoms with Crippen molar-refractivity contribution in [2.24, 2.45) is 0 Å². The van der Waals surface area contributed by atoms with Crippen molar-refractivity contribution in [2.45, 2.75) is 25.7 Å². The van der Waals surface area contributed by atoms with Crippen molar-refractivity contribution in [3.05, 3.63) is 109 Å². The van der Waals surface area contributed by atoms with Crippen molar-refractivity contribution >= 4 is 11.6 Å². The maximum absolute atomic E-state index is 3.88. The van der Waals surface area contributed by atoms with Gasteiger partial charge in [0.15, 0.2) is 0 Å². The molecule has 0 aliphatic carbocycles. The van der Waals surface area contributed by atoms with Crippen LogP contribution in [0, 0.1) is 0 Å². The van der Waals surface area contributed by atoms with Gasteiger partial charge in [-0.1, -0.05) is 90.5 Å². The molecule has 0 unspecified atom stereocenters. The molecule has 0 amide bonds. The van der Waals surface area contributed by atoms with Gasteiger partial charge in [0.05, 0.1) is 0 Å². The van der Waals surface area contributed by atoms with Crippen LogP contribution in [0.5, 0.6) is 0 Å². The summed E-state index contributed by atoms with van der Waals surface area (Å²) in [5.74, 6) is 0. The topological polar surface area (TPSA) is 0 Å². The third-order valence-electron chi connectivity index (χ3n) is 4.01. The molecule has 0 radical (unpaired) electrons. The van der Waals surface area contributed by atoms with Gasteiger partial charge in [0.2, 0.25) is 0 Å². The predicted octanol–water partition coefficient (Wildman–Crippen LogP) is 7.09. The maximum Gasteiger partial charge on any atom is -0.0184 e. The van der Waals surface area contributed by atoms with Crippen LogP contribution in [0.25, 0.3) is 11.6 Å². The van der Waals surface area contributed by atoms with E-state index in [2.05, 4.69) is 79.9 Å². The molecule has 0 fully saturated rings. The number of hydrogen-bond donors (Lipinski definition) is 0. The highest BCUT2D eigenvalue weighted by atomic mass is 14.1. The quantitative estimate of drug-likeness (QED) is 0.342. The van der Waals surface area contributed by atoms with E-state index in [4.69, 9.17) is 0 Å². The van der Waals surface area contributed by atoms with Crippen molar-refractivity contribution in [1.29, 1.82) is 0 Å². The molecule has 0 N–H and O–H groups in total. The third kappa shape index (κ3) is 5.55. The minimum Gasteiger partial charge on any atom is -0.103 e. The van der Waals surface area contributed by atoms with E-state index in [1.807, 2.05) is 18.2 Å². The second-order valence-corrected chi connectivity index (χ2v) is 5.78. The lowest BCUT2D eigenvalue weighted by molar-refractivity contribution is 0.871. The van der Waals surface area contributed by atoms with Gasteiger partial charge < -0.3 is 0 Å². The summed E-state index contributed by atoms with van der Waals surface area (Å²) in [6.07, 6.45) is 12.5. The lowest BCUT2D eigenvalue weighted by atomic mass is 9.92. The van der Waals surface area contributed by atoms with Gasteiger partial charge in [-0.25, -0.2) is 0 Å². The Morgan fingerprint density at radius 2 is 1.29 bits per heavy atom. The molecule has 0 saturated heterocycles. The molecule has 2 rings (SSSR count). The molecule has 24 heavy (non-hydrogen) atoms. The van der Waals surface area contributed by atoms with Crippen molar-refractivity contribution in [3.63, 3.8) is 0 Å². The lowest BCUT2D eigenvalue weighted by Crippen LogP contribution is -1.92. The van der Waals surface area contributed by atoms with Crippen LogP contribution in [0.15, 0.2) is 97.6 Å². The number of hydrogen-bond acceptors (Lipinski definition) is 0. The maximum atomic E-state index is 3.88. The van der Waals surface area contributed by atoms with Crippen LogP contribution in [0.3, 0.4) is 0 Å². The van der Waals surface area contributed by atoms with Gasteiger partial charge in [0.1, 0.15) is 0 Å². The summed E-state index contributed by atoms with van der Waals surface area (Å²) < 4.78 is 0. The van der Waals surface area contributed by atoms with Crippen molar-refractivity contribution in [1.82, 2.24) is 0 Å². The first kappa shape index (κ1) is 17.7. The Balaban J connectivity index is 2.42. The molecular formula is C24H26. The minimum absolute atomic E-state index is 1.00. The lowest BCUT2D eigenvalue weighted by Gasteiger charge is -2.13. The van der Waals surface area contributed by atoms with Crippen LogP contribution in [0.4, 0.5) is 0 Å². The smallest absolute Gasteiger partial charge is 0.0184 e. The van der Waals surface area contributed by atoms with Gasteiger partial charge in [0.25, 0.3) is 0 Å². The van der Waals surface area contributed by atoms with Crippen molar-refractivity contribution in [2.75, 3.05) is 0 Å². The Morgan fingerprint density at radius 1 is 0.750 bits per heavy atom. The molecule has 0 spiro atoms. The van der Waals surface area contributed by atoms with E-state index in [0.717, 1.165) is 25.7 Å². The second kappa shape index (κ2) is 10.2. The van der Waals surface area contributed by atoms with Crippen molar-refractivity contribution in [3.8, 4) is 0 Å². The molecule has 0 bridgehead atoms. The molecular weight excluding hydrogens is 288 g/mol. The Labute approximate surface area is 146 Å². The Bertz CT molecular complexity index is 673. The average molecular weight is 314 g/mol. The first-order valence-corrected chi connectivity index (χ1v) is 8.57. The van der Waals surface area contributed by atoms with Gasteiger partial charge in [-0.15, -0.1) is 13.2 Å². The van der Waals surface area contributed by atoms with Gasteiger partial charge in [-0.2, -0.15) is 0 Å². The molecule has 0 heteroatoms. The molecule has 122 valence electrons. The number of allylic oxidation sites excluding steroid dienone is 5. The molecule has 0 atom stereocenters. The predicted molar refractivity (Wildman–Crippen MR) is 108 cm³/mol. The molecule has 0 nitrogen and oxygen atoms in total. The monoisotopic (exact) mass is 314 g/mol. The minimum atomic E-state index is 1.00. The molecule has 0 heterocycles. The van der Waals surface area contributed by atoms with Crippen LogP contribution >= 0.6 is 0 Å². The van der Waals surface area contributed by atoms with E-state index < -0.39 is 0 Å². The van der Waals surface area contributed by atoms with Gasteiger partial charge in [-0.3, -0.25) is 0 Å². The zero-order valence-corrected chi connectivity index (χ0v) is 14.3. The second-order valence-electron chi connectivity index (χ2n) is 5.78. The number of benzene rings is 2. The van der Waals surface area contributed by atoms with E-state index >= 15 is 0 Å². The summed E-state index contributed by atoms with van der Waals surface area (Å²) in [6, 6.07) is 21.1. The van der Waals surface area contributed by atoms with Gasteiger partial charge >= 0.3 is 0 Å². The third-order valence-corrected chi connectivity index (χ3v) is 4.01. The number of rotatable bonds is 9. The van der Waals surface area contributed by atoms with Gasteiger partial charge in [-0.05, 0) is 42.4 Å². The Morgan fingerprint density at radius 3 is 1.83 bits per heavy atom.